The molecule has 158 valence electrons. The van der Waals surface area contributed by atoms with Gasteiger partial charge in [-0.15, -0.1) is 0 Å². The van der Waals surface area contributed by atoms with Crippen molar-refractivity contribution in [2.24, 2.45) is 0 Å². The predicted molar refractivity (Wildman–Crippen MR) is 114 cm³/mol. The molecule has 0 bridgehead atoms. The summed E-state index contributed by atoms with van der Waals surface area (Å²) in [4.78, 5) is 21.7. The second-order valence-corrected chi connectivity index (χ2v) is 7.84. The second-order valence-electron chi connectivity index (χ2n) is 7.84. The van der Waals surface area contributed by atoms with Crippen molar-refractivity contribution in [1.82, 2.24) is 5.32 Å². The number of aliphatic carboxylic acids is 1. The van der Waals surface area contributed by atoms with Crippen molar-refractivity contribution in [3.63, 3.8) is 0 Å². The molecule has 0 aromatic rings. The van der Waals surface area contributed by atoms with Gasteiger partial charge >= 0.3 is 5.97 Å². The Balaban J connectivity index is 3.08. The zero-order valence-corrected chi connectivity index (χ0v) is 17.7. The summed E-state index contributed by atoms with van der Waals surface area (Å²) in [7, 11) is 0. The molecule has 0 aliphatic heterocycles. The monoisotopic (exact) mass is 381 g/mol. The van der Waals surface area contributed by atoms with E-state index in [1.54, 1.807) is 6.92 Å². The van der Waals surface area contributed by atoms with Crippen LogP contribution in [0.2, 0.25) is 0 Å². The molecule has 0 saturated carbocycles. The summed E-state index contributed by atoms with van der Waals surface area (Å²) in [5.74, 6) is -0.690. The van der Waals surface area contributed by atoms with Crippen LogP contribution in [0.15, 0.2) is 12.2 Å². The lowest BCUT2D eigenvalue weighted by atomic mass is 10.0. The first-order valence-electron chi connectivity index (χ1n) is 11.2. The van der Waals surface area contributed by atoms with E-state index < -0.39 is 5.97 Å². The van der Waals surface area contributed by atoms with E-state index in [-0.39, 0.29) is 5.91 Å². The summed E-state index contributed by atoms with van der Waals surface area (Å²) < 4.78 is 0. The highest BCUT2D eigenvalue weighted by Crippen LogP contribution is 2.14. The van der Waals surface area contributed by atoms with Crippen molar-refractivity contribution in [2.75, 3.05) is 6.54 Å². The van der Waals surface area contributed by atoms with Crippen LogP contribution >= 0.6 is 0 Å². The number of carboxylic acid groups (broad SMARTS) is 1. The number of nitrogens with one attached hydrogen (secondary N) is 1. The first-order chi connectivity index (χ1) is 13.0. The Kier molecular flexibility index (Phi) is 18.5. The van der Waals surface area contributed by atoms with Gasteiger partial charge in [-0.3, -0.25) is 9.59 Å². The summed E-state index contributed by atoms with van der Waals surface area (Å²) in [6.07, 6.45) is 20.3. The van der Waals surface area contributed by atoms with Gasteiger partial charge in [0.15, 0.2) is 0 Å². The normalized spacial score (nSPS) is 10.7. The van der Waals surface area contributed by atoms with Gasteiger partial charge < -0.3 is 10.4 Å². The molecule has 0 atom stereocenters. The zero-order chi connectivity index (χ0) is 20.2. The number of carbonyl (C=O) groups excluding carboxylic acids is 1. The number of carbonyl (C=O) groups is 2. The number of rotatable bonds is 20. The van der Waals surface area contributed by atoms with E-state index in [1.165, 1.54) is 83.5 Å². The zero-order valence-electron chi connectivity index (χ0n) is 17.7. The van der Waals surface area contributed by atoms with E-state index >= 15 is 0 Å². The number of hydrogen-bond donors (Lipinski definition) is 2. The molecule has 0 aromatic carbocycles. The quantitative estimate of drug-likeness (QED) is 0.189. The third-order valence-electron chi connectivity index (χ3n) is 4.99. The average molecular weight is 382 g/mol. The summed E-state index contributed by atoms with van der Waals surface area (Å²) in [5, 5.41) is 11.4. The summed E-state index contributed by atoms with van der Waals surface area (Å²) in [6, 6.07) is 0. The molecule has 27 heavy (non-hydrogen) atoms. The third kappa shape index (κ3) is 20.8. The van der Waals surface area contributed by atoms with Crippen molar-refractivity contribution in [1.29, 1.82) is 0 Å². The van der Waals surface area contributed by atoms with Crippen LogP contribution in [0.5, 0.6) is 0 Å². The molecule has 0 rings (SSSR count). The molecular formula is C23H43NO3. The van der Waals surface area contributed by atoms with Gasteiger partial charge in [-0.1, -0.05) is 96.5 Å². The molecule has 4 nitrogen and oxygen atoms in total. The van der Waals surface area contributed by atoms with E-state index in [9.17, 15) is 9.59 Å². The molecule has 0 aliphatic carbocycles. The first kappa shape index (κ1) is 25.7. The van der Waals surface area contributed by atoms with Gasteiger partial charge in [-0.25, -0.2) is 0 Å². The molecular weight excluding hydrogens is 338 g/mol. The fraction of sp³-hybridized carbons (Fsp3) is 0.826. The summed E-state index contributed by atoms with van der Waals surface area (Å²) in [5.41, 5.74) is 0.586. The minimum absolute atomic E-state index is 0.0225. The van der Waals surface area contributed by atoms with Crippen LogP contribution in [0.25, 0.3) is 0 Å². The maximum absolute atomic E-state index is 11.3. The van der Waals surface area contributed by atoms with Gasteiger partial charge in [0.05, 0.1) is 0 Å². The van der Waals surface area contributed by atoms with Gasteiger partial charge in [0, 0.05) is 18.5 Å². The highest BCUT2D eigenvalue weighted by atomic mass is 16.4. The van der Waals surface area contributed by atoms with Crippen LogP contribution in [-0.4, -0.2) is 23.5 Å². The Morgan fingerprint density at radius 1 is 0.667 bits per heavy atom. The van der Waals surface area contributed by atoms with Gasteiger partial charge in [-0.2, -0.15) is 0 Å². The van der Waals surface area contributed by atoms with Crippen LogP contribution < -0.4 is 5.32 Å². The molecule has 0 radical (unpaired) electrons. The molecule has 4 heteroatoms. The Labute approximate surface area is 167 Å². The summed E-state index contributed by atoms with van der Waals surface area (Å²) >= 11 is 0. The molecule has 0 saturated heterocycles. The lowest BCUT2D eigenvalue weighted by Crippen LogP contribution is -2.24. The fourth-order valence-electron chi connectivity index (χ4n) is 3.23. The molecule has 0 heterocycles. The van der Waals surface area contributed by atoms with Crippen molar-refractivity contribution in [2.45, 2.75) is 116 Å². The molecule has 0 fully saturated rings. The van der Waals surface area contributed by atoms with Crippen LogP contribution in [-0.2, 0) is 9.59 Å². The minimum atomic E-state index is -0.667. The molecule has 0 spiro atoms. The van der Waals surface area contributed by atoms with Gasteiger partial charge in [0.2, 0.25) is 5.91 Å². The fourth-order valence-corrected chi connectivity index (χ4v) is 3.23. The Hall–Kier alpha value is -1.32. The number of amides is 1. The Morgan fingerprint density at radius 3 is 1.33 bits per heavy atom. The summed E-state index contributed by atoms with van der Waals surface area (Å²) in [6.45, 7) is 6.14. The third-order valence-corrected chi connectivity index (χ3v) is 4.99. The number of unbranched alkanes of at least 4 members (excludes halogenated alkanes) is 15. The van der Waals surface area contributed by atoms with E-state index in [0.29, 0.717) is 12.0 Å². The van der Waals surface area contributed by atoms with E-state index in [4.69, 9.17) is 5.11 Å². The van der Waals surface area contributed by atoms with Crippen molar-refractivity contribution in [3.05, 3.63) is 12.2 Å². The topological polar surface area (TPSA) is 66.4 Å². The first-order valence-corrected chi connectivity index (χ1v) is 11.2. The van der Waals surface area contributed by atoms with Crippen LogP contribution in [0.1, 0.15) is 116 Å². The van der Waals surface area contributed by atoms with E-state index in [1.807, 2.05) is 0 Å². The van der Waals surface area contributed by atoms with Crippen LogP contribution in [0.4, 0.5) is 0 Å². The molecule has 0 unspecified atom stereocenters. The van der Waals surface area contributed by atoms with Gasteiger partial charge in [-0.05, 0) is 19.8 Å². The van der Waals surface area contributed by atoms with Crippen LogP contribution in [0.3, 0.4) is 0 Å². The lowest BCUT2D eigenvalue weighted by Gasteiger charge is -2.05. The highest BCUT2D eigenvalue weighted by molar-refractivity contribution is 5.91. The molecule has 2 N–H and O–H groups in total. The molecule has 0 aromatic heterocycles. The van der Waals surface area contributed by atoms with Gasteiger partial charge in [0.25, 0.3) is 0 Å². The molecule has 1 amide bonds. The highest BCUT2D eigenvalue weighted by Gasteiger charge is 1.99. The minimum Gasteiger partial charge on any atom is -0.481 e. The van der Waals surface area contributed by atoms with Crippen molar-refractivity contribution in [3.8, 4) is 0 Å². The van der Waals surface area contributed by atoms with Crippen molar-refractivity contribution >= 4 is 11.9 Å². The maximum atomic E-state index is 11.3. The van der Waals surface area contributed by atoms with E-state index in [0.717, 1.165) is 25.8 Å². The predicted octanol–water partition coefficient (Wildman–Crippen LogP) is 6.40. The largest absolute Gasteiger partial charge is 0.481 e. The van der Waals surface area contributed by atoms with E-state index in [2.05, 4.69) is 11.9 Å². The average Bonchev–Trinajstić information content (AvgIpc) is 2.63. The number of carboxylic acids is 1. The van der Waals surface area contributed by atoms with Crippen molar-refractivity contribution < 1.29 is 14.7 Å². The lowest BCUT2D eigenvalue weighted by molar-refractivity contribution is -0.137. The Morgan fingerprint density at radius 2 is 1.00 bits per heavy atom. The Bertz CT molecular complexity index is 393. The second kappa shape index (κ2) is 19.4. The SMILES string of the molecule is C=C(C)C(=O)NCCCCCCCCCCCCCCCCCCC(=O)O. The maximum Gasteiger partial charge on any atom is 0.303 e. The van der Waals surface area contributed by atoms with Gasteiger partial charge in [0.1, 0.15) is 0 Å². The van der Waals surface area contributed by atoms with Crippen LogP contribution in [0, 0.1) is 0 Å². The standard InChI is InChI=1S/C23H43NO3/c1-21(2)23(27)24-20-18-16-14-12-10-8-6-4-3-5-7-9-11-13-15-17-19-22(25)26/h1,3-20H2,2H3,(H,24,27)(H,25,26). The molecule has 0 aliphatic rings. The number of hydrogen-bond acceptors (Lipinski definition) is 2. The smallest absolute Gasteiger partial charge is 0.303 e.